The van der Waals surface area contributed by atoms with Crippen LogP contribution in [0.4, 0.5) is 10.1 Å². The molecule has 1 N–H and O–H groups in total. The minimum Gasteiger partial charge on any atom is -0.379 e. The minimum atomic E-state index is -3.78. The van der Waals surface area contributed by atoms with E-state index in [0.717, 1.165) is 5.56 Å². The predicted molar refractivity (Wildman–Crippen MR) is 103 cm³/mol. The minimum absolute atomic E-state index is 0.0126. The molecule has 0 aliphatic carbocycles. The van der Waals surface area contributed by atoms with Crippen LogP contribution in [0.3, 0.4) is 0 Å². The van der Waals surface area contributed by atoms with Crippen LogP contribution in [-0.4, -0.2) is 44.9 Å². The highest BCUT2D eigenvalue weighted by Crippen LogP contribution is 2.27. The number of nitrogens with zero attached hydrogens (tertiary/aromatic N) is 1. The summed E-state index contributed by atoms with van der Waals surface area (Å²) in [6, 6.07) is 8.71. The second-order valence-electron chi connectivity index (χ2n) is 6.10. The van der Waals surface area contributed by atoms with Gasteiger partial charge in [-0.1, -0.05) is 6.07 Å². The normalized spacial score (nSPS) is 15.5. The molecule has 0 bridgehead atoms. The van der Waals surface area contributed by atoms with Gasteiger partial charge in [-0.25, -0.2) is 12.8 Å². The Morgan fingerprint density at radius 2 is 1.89 bits per heavy atom. The van der Waals surface area contributed by atoms with Crippen molar-refractivity contribution >= 4 is 37.5 Å². The molecule has 1 saturated heterocycles. The number of carbonyl (C=O) groups is 1. The molecule has 1 heterocycles. The first kappa shape index (κ1) is 19.9. The third kappa shape index (κ3) is 4.37. The number of ether oxygens (including phenoxy) is 1. The van der Waals surface area contributed by atoms with Crippen molar-refractivity contribution in [3.8, 4) is 0 Å². The molecule has 2 aromatic rings. The fraction of sp³-hybridized carbons (Fsp3) is 0.278. The number of halogens is 2. The molecular formula is C18H18BrFN2O4S. The number of anilines is 1. The quantitative estimate of drug-likeness (QED) is 0.766. The van der Waals surface area contributed by atoms with Crippen molar-refractivity contribution < 1.29 is 22.3 Å². The van der Waals surface area contributed by atoms with E-state index < -0.39 is 21.7 Å². The zero-order chi connectivity index (χ0) is 19.6. The Balaban J connectivity index is 1.89. The maximum atomic E-state index is 14.0. The Morgan fingerprint density at radius 3 is 2.56 bits per heavy atom. The number of nitrogens with one attached hydrogen (secondary N) is 1. The summed E-state index contributed by atoms with van der Waals surface area (Å²) in [5, 5.41) is 2.47. The van der Waals surface area contributed by atoms with Gasteiger partial charge in [0.2, 0.25) is 10.0 Å². The van der Waals surface area contributed by atoms with Gasteiger partial charge < -0.3 is 10.1 Å². The number of sulfonamides is 1. The summed E-state index contributed by atoms with van der Waals surface area (Å²) in [6.07, 6.45) is 0. The summed E-state index contributed by atoms with van der Waals surface area (Å²) in [5.74, 6) is -1.15. The molecule has 6 nitrogen and oxygen atoms in total. The lowest BCUT2D eigenvalue weighted by Crippen LogP contribution is -2.40. The van der Waals surface area contributed by atoms with Gasteiger partial charge in [-0.05, 0) is 58.7 Å². The van der Waals surface area contributed by atoms with E-state index >= 15 is 0 Å². The topological polar surface area (TPSA) is 75.7 Å². The molecule has 1 aliphatic heterocycles. The SMILES string of the molecule is Cc1ccc(NC(=O)c2ccc(Br)c(S(=O)(=O)N3CCOCC3)c2)c(F)c1. The molecule has 0 atom stereocenters. The third-order valence-electron chi connectivity index (χ3n) is 4.15. The van der Waals surface area contributed by atoms with Gasteiger partial charge in [0.15, 0.2) is 0 Å². The first-order valence-corrected chi connectivity index (χ1v) is 10.5. The molecule has 9 heteroatoms. The number of benzene rings is 2. The maximum absolute atomic E-state index is 14.0. The first-order chi connectivity index (χ1) is 12.8. The number of rotatable bonds is 4. The van der Waals surface area contributed by atoms with Crippen molar-refractivity contribution in [3.63, 3.8) is 0 Å². The first-order valence-electron chi connectivity index (χ1n) is 8.24. The summed E-state index contributed by atoms with van der Waals surface area (Å²) in [4.78, 5) is 12.5. The van der Waals surface area contributed by atoms with Crippen molar-refractivity contribution in [2.45, 2.75) is 11.8 Å². The Kier molecular flexibility index (Phi) is 5.95. The third-order valence-corrected chi connectivity index (χ3v) is 7.05. The molecule has 0 unspecified atom stereocenters. The van der Waals surface area contributed by atoms with Gasteiger partial charge in [-0.3, -0.25) is 4.79 Å². The van der Waals surface area contributed by atoms with E-state index in [-0.39, 0.29) is 29.2 Å². The molecule has 1 fully saturated rings. The van der Waals surface area contributed by atoms with Crippen molar-refractivity contribution in [2.24, 2.45) is 0 Å². The summed E-state index contributed by atoms with van der Waals surface area (Å²) in [7, 11) is -3.78. The molecular weight excluding hydrogens is 439 g/mol. The molecule has 144 valence electrons. The number of hydrogen-bond donors (Lipinski definition) is 1. The van der Waals surface area contributed by atoms with E-state index in [1.165, 1.54) is 34.6 Å². The Labute approximate surface area is 165 Å². The Bertz CT molecular complexity index is 975. The van der Waals surface area contributed by atoms with Crippen molar-refractivity contribution in [1.29, 1.82) is 0 Å². The predicted octanol–water partition coefficient (Wildman–Crippen LogP) is 3.17. The molecule has 1 amide bonds. The monoisotopic (exact) mass is 456 g/mol. The molecule has 3 rings (SSSR count). The lowest BCUT2D eigenvalue weighted by atomic mass is 10.2. The number of aryl methyl sites for hydroxylation is 1. The molecule has 0 spiro atoms. The smallest absolute Gasteiger partial charge is 0.255 e. The van der Waals surface area contributed by atoms with E-state index in [1.54, 1.807) is 13.0 Å². The summed E-state index contributed by atoms with van der Waals surface area (Å²) in [6.45, 7) is 2.89. The second-order valence-corrected chi connectivity index (χ2v) is 8.86. The summed E-state index contributed by atoms with van der Waals surface area (Å²) in [5.41, 5.74) is 0.879. The highest BCUT2D eigenvalue weighted by atomic mass is 79.9. The van der Waals surface area contributed by atoms with Gasteiger partial charge >= 0.3 is 0 Å². The van der Waals surface area contributed by atoms with Gasteiger partial charge in [0, 0.05) is 23.1 Å². The number of hydrogen-bond acceptors (Lipinski definition) is 4. The van der Waals surface area contributed by atoms with Crippen LogP contribution in [0.15, 0.2) is 45.8 Å². The van der Waals surface area contributed by atoms with Crippen molar-refractivity contribution in [2.75, 3.05) is 31.6 Å². The fourth-order valence-corrected chi connectivity index (χ4v) is 5.04. The van der Waals surface area contributed by atoms with E-state index in [4.69, 9.17) is 4.74 Å². The standard InChI is InChI=1S/C18H18BrFN2O4S/c1-12-2-5-16(15(20)10-12)21-18(23)13-3-4-14(19)17(11-13)27(24,25)22-6-8-26-9-7-22/h2-5,10-11H,6-9H2,1H3,(H,21,23). The van der Waals surface area contributed by atoms with Gasteiger partial charge in [-0.2, -0.15) is 4.31 Å². The molecule has 0 saturated carbocycles. The van der Waals surface area contributed by atoms with Crippen LogP contribution in [0.25, 0.3) is 0 Å². The number of amides is 1. The van der Waals surface area contributed by atoms with Gasteiger partial charge in [0.25, 0.3) is 5.91 Å². The second kappa shape index (κ2) is 8.05. The van der Waals surface area contributed by atoms with Crippen molar-refractivity contribution in [1.82, 2.24) is 4.31 Å². The van der Waals surface area contributed by atoms with Crippen LogP contribution in [0.5, 0.6) is 0 Å². The molecule has 1 aliphatic rings. The van der Waals surface area contributed by atoms with Crippen LogP contribution in [0, 0.1) is 12.7 Å². The van der Waals surface area contributed by atoms with Gasteiger partial charge in [-0.15, -0.1) is 0 Å². The van der Waals surface area contributed by atoms with Crippen molar-refractivity contribution in [3.05, 3.63) is 57.8 Å². The Hall–Kier alpha value is -1.81. The number of carbonyl (C=O) groups excluding carboxylic acids is 1. The van der Waals surface area contributed by atoms with Gasteiger partial charge in [0.05, 0.1) is 23.8 Å². The summed E-state index contributed by atoms with van der Waals surface area (Å²) < 4.78 is 46.6. The van der Waals surface area contributed by atoms with E-state index in [2.05, 4.69) is 21.2 Å². The van der Waals surface area contributed by atoms with Crippen LogP contribution < -0.4 is 5.32 Å². The highest BCUT2D eigenvalue weighted by Gasteiger charge is 2.29. The van der Waals surface area contributed by atoms with Gasteiger partial charge in [0.1, 0.15) is 5.82 Å². The average Bonchev–Trinajstić information content (AvgIpc) is 2.65. The lowest BCUT2D eigenvalue weighted by molar-refractivity contribution is 0.0730. The van der Waals surface area contributed by atoms with E-state index in [9.17, 15) is 17.6 Å². The average molecular weight is 457 g/mol. The molecule has 27 heavy (non-hydrogen) atoms. The molecule has 0 radical (unpaired) electrons. The highest BCUT2D eigenvalue weighted by molar-refractivity contribution is 9.10. The molecule has 0 aromatic heterocycles. The van der Waals surface area contributed by atoms with Crippen LogP contribution in [0.1, 0.15) is 15.9 Å². The largest absolute Gasteiger partial charge is 0.379 e. The van der Waals surface area contributed by atoms with Crippen LogP contribution >= 0.6 is 15.9 Å². The van der Waals surface area contributed by atoms with E-state index in [1.807, 2.05) is 0 Å². The zero-order valence-corrected chi connectivity index (χ0v) is 16.9. The Morgan fingerprint density at radius 1 is 1.19 bits per heavy atom. The van der Waals surface area contributed by atoms with Crippen LogP contribution in [-0.2, 0) is 14.8 Å². The maximum Gasteiger partial charge on any atom is 0.255 e. The van der Waals surface area contributed by atoms with E-state index in [0.29, 0.717) is 17.7 Å². The zero-order valence-electron chi connectivity index (χ0n) is 14.5. The molecule has 2 aromatic carbocycles. The summed E-state index contributed by atoms with van der Waals surface area (Å²) >= 11 is 3.24. The lowest BCUT2D eigenvalue weighted by Gasteiger charge is -2.26. The number of morpholine rings is 1. The fourth-order valence-electron chi connectivity index (χ4n) is 2.68. The van der Waals surface area contributed by atoms with Crippen LogP contribution in [0.2, 0.25) is 0 Å².